The lowest BCUT2D eigenvalue weighted by Crippen LogP contribution is -2.16. The summed E-state index contributed by atoms with van der Waals surface area (Å²) >= 11 is 6.09. The van der Waals surface area contributed by atoms with Crippen molar-refractivity contribution in [3.05, 3.63) is 57.9 Å². The normalized spacial score (nSPS) is 11.5. The summed E-state index contributed by atoms with van der Waals surface area (Å²) in [5, 5.41) is 12.2. The Morgan fingerprint density at radius 1 is 1.29 bits per heavy atom. The molecule has 2 aromatic carbocycles. The van der Waals surface area contributed by atoms with Crippen molar-refractivity contribution >= 4 is 17.4 Å². The van der Waals surface area contributed by atoms with Crippen LogP contribution in [0.5, 0.6) is 11.5 Å². The predicted octanol–water partition coefficient (Wildman–Crippen LogP) is 3.98. The maximum atomic E-state index is 13.8. The van der Waals surface area contributed by atoms with Crippen molar-refractivity contribution in [2.75, 3.05) is 0 Å². The van der Waals surface area contributed by atoms with Crippen LogP contribution < -0.4 is 10.5 Å². The molecular formula is C15H14ClFN2O2. The molecule has 0 aliphatic carbocycles. The number of benzene rings is 2. The Hall–Kier alpha value is -2.27. The molecule has 0 atom stereocenters. The van der Waals surface area contributed by atoms with Gasteiger partial charge in [0.2, 0.25) is 0 Å². The van der Waals surface area contributed by atoms with E-state index in [4.69, 9.17) is 27.3 Å². The fourth-order valence-corrected chi connectivity index (χ4v) is 2.09. The molecule has 0 fully saturated rings. The summed E-state index contributed by atoms with van der Waals surface area (Å²) in [4.78, 5) is 0. The smallest absolute Gasteiger partial charge is 0.176 e. The fraction of sp³-hybridized carbons (Fsp3) is 0.133. The van der Waals surface area contributed by atoms with Crippen molar-refractivity contribution in [2.24, 2.45) is 10.9 Å². The van der Waals surface area contributed by atoms with Gasteiger partial charge in [0.05, 0.1) is 5.56 Å². The van der Waals surface area contributed by atoms with Gasteiger partial charge in [-0.3, -0.25) is 0 Å². The van der Waals surface area contributed by atoms with Crippen LogP contribution in [0, 0.1) is 19.7 Å². The summed E-state index contributed by atoms with van der Waals surface area (Å²) in [5.41, 5.74) is 7.08. The number of aryl methyl sites for hydroxylation is 2. The zero-order valence-corrected chi connectivity index (χ0v) is 12.3. The van der Waals surface area contributed by atoms with E-state index < -0.39 is 5.82 Å². The van der Waals surface area contributed by atoms with Crippen LogP contribution in [0.3, 0.4) is 0 Å². The monoisotopic (exact) mass is 308 g/mol. The highest BCUT2D eigenvalue weighted by atomic mass is 35.5. The van der Waals surface area contributed by atoms with Crippen molar-refractivity contribution in [1.82, 2.24) is 0 Å². The van der Waals surface area contributed by atoms with E-state index in [-0.39, 0.29) is 17.1 Å². The second kappa shape index (κ2) is 6.01. The van der Waals surface area contributed by atoms with Gasteiger partial charge in [0.25, 0.3) is 0 Å². The molecule has 0 bridgehead atoms. The number of hydrogen-bond acceptors (Lipinski definition) is 3. The van der Waals surface area contributed by atoms with E-state index in [1.54, 1.807) is 12.1 Å². The second-order valence-corrected chi connectivity index (χ2v) is 4.95. The number of oxime groups is 1. The third-order valence-corrected chi connectivity index (χ3v) is 3.57. The highest BCUT2D eigenvalue weighted by Crippen LogP contribution is 2.31. The summed E-state index contributed by atoms with van der Waals surface area (Å²) in [7, 11) is 0. The largest absolute Gasteiger partial charge is 0.456 e. The van der Waals surface area contributed by atoms with Gasteiger partial charge in [0.15, 0.2) is 5.84 Å². The molecule has 0 aromatic heterocycles. The van der Waals surface area contributed by atoms with E-state index in [1.165, 1.54) is 18.2 Å². The molecule has 110 valence electrons. The Bertz CT molecular complexity index is 694. The van der Waals surface area contributed by atoms with E-state index in [0.29, 0.717) is 10.8 Å². The number of hydrogen-bond donors (Lipinski definition) is 2. The average molecular weight is 309 g/mol. The molecule has 3 N–H and O–H groups in total. The van der Waals surface area contributed by atoms with Gasteiger partial charge >= 0.3 is 0 Å². The summed E-state index contributed by atoms with van der Waals surface area (Å²) in [6.45, 7) is 3.69. The summed E-state index contributed by atoms with van der Waals surface area (Å²) in [6.07, 6.45) is 0. The molecule has 6 heteroatoms. The SMILES string of the molecule is Cc1cc(Oc2cccc(F)c2C(N)=NO)cc(C)c1Cl. The molecule has 0 aliphatic rings. The van der Waals surface area contributed by atoms with Crippen molar-refractivity contribution in [2.45, 2.75) is 13.8 Å². The fourth-order valence-electron chi connectivity index (χ4n) is 1.98. The van der Waals surface area contributed by atoms with Crippen LogP contribution >= 0.6 is 11.6 Å². The van der Waals surface area contributed by atoms with Crippen LogP contribution in [0.15, 0.2) is 35.5 Å². The van der Waals surface area contributed by atoms with Crippen LogP contribution in [0.2, 0.25) is 5.02 Å². The summed E-state index contributed by atoms with van der Waals surface area (Å²) < 4.78 is 19.5. The van der Waals surface area contributed by atoms with Gasteiger partial charge in [-0.1, -0.05) is 22.8 Å². The number of nitrogens with two attached hydrogens (primary N) is 1. The highest BCUT2D eigenvalue weighted by Gasteiger charge is 2.15. The van der Waals surface area contributed by atoms with E-state index in [2.05, 4.69) is 5.16 Å². The molecule has 4 nitrogen and oxygen atoms in total. The Balaban J connectivity index is 2.48. The lowest BCUT2D eigenvalue weighted by atomic mass is 10.1. The lowest BCUT2D eigenvalue weighted by molar-refractivity contribution is 0.318. The predicted molar refractivity (Wildman–Crippen MR) is 79.9 cm³/mol. The quantitative estimate of drug-likeness (QED) is 0.390. The van der Waals surface area contributed by atoms with Gasteiger partial charge in [0.1, 0.15) is 17.3 Å². The zero-order chi connectivity index (χ0) is 15.6. The van der Waals surface area contributed by atoms with E-state index in [0.717, 1.165) is 11.1 Å². The minimum absolute atomic E-state index is 0.0924. The zero-order valence-electron chi connectivity index (χ0n) is 11.5. The van der Waals surface area contributed by atoms with Gasteiger partial charge in [0, 0.05) is 5.02 Å². The maximum Gasteiger partial charge on any atom is 0.176 e. The Kier molecular flexibility index (Phi) is 4.33. The molecule has 2 rings (SSSR count). The summed E-state index contributed by atoms with van der Waals surface area (Å²) in [6, 6.07) is 7.69. The van der Waals surface area contributed by atoms with Crippen LogP contribution in [0.25, 0.3) is 0 Å². The van der Waals surface area contributed by atoms with Crippen molar-refractivity contribution < 1.29 is 14.3 Å². The first-order chi connectivity index (χ1) is 9.93. The van der Waals surface area contributed by atoms with Crippen molar-refractivity contribution in [3.63, 3.8) is 0 Å². The van der Waals surface area contributed by atoms with E-state index >= 15 is 0 Å². The van der Waals surface area contributed by atoms with Gasteiger partial charge < -0.3 is 15.7 Å². The Morgan fingerprint density at radius 3 is 2.48 bits per heavy atom. The standard InChI is InChI=1S/C15H14ClFN2O2/c1-8-6-10(7-9(2)14(8)16)21-12-5-3-4-11(17)13(12)15(18)19-20/h3-7,20H,1-2H3,(H2,18,19). The van der Waals surface area contributed by atoms with Crippen molar-refractivity contribution in [3.8, 4) is 11.5 Å². The lowest BCUT2D eigenvalue weighted by Gasteiger charge is -2.13. The first kappa shape index (κ1) is 15.1. The topological polar surface area (TPSA) is 67.8 Å². The molecule has 0 saturated carbocycles. The van der Waals surface area contributed by atoms with Crippen LogP contribution in [-0.4, -0.2) is 11.0 Å². The molecule has 0 radical (unpaired) electrons. The van der Waals surface area contributed by atoms with Crippen LogP contribution in [0.1, 0.15) is 16.7 Å². The Morgan fingerprint density at radius 2 is 1.90 bits per heavy atom. The molecule has 0 heterocycles. The third kappa shape index (κ3) is 3.08. The van der Waals surface area contributed by atoms with Crippen LogP contribution in [0.4, 0.5) is 4.39 Å². The second-order valence-electron chi connectivity index (χ2n) is 4.57. The first-order valence-electron chi connectivity index (χ1n) is 6.15. The number of rotatable bonds is 3. The highest BCUT2D eigenvalue weighted by molar-refractivity contribution is 6.32. The minimum atomic E-state index is -0.634. The van der Waals surface area contributed by atoms with Crippen LogP contribution in [-0.2, 0) is 0 Å². The molecule has 0 aliphatic heterocycles. The molecule has 21 heavy (non-hydrogen) atoms. The molecule has 0 amide bonds. The van der Waals surface area contributed by atoms with Gasteiger partial charge in [-0.15, -0.1) is 0 Å². The molecule has 0 saturated heterocycles. The molecule has 2 aromatic rings. The average Bonchev–Trinajstić information content (AvgIpc) is 2.44. The van der Waals surface area contributed by atoms with E-state index in [9.17, 15) is 4.39 Å². The number of halogens is 2. The third-order valence-electron chi connectivity index (χ3n) is 2.98. The maximum absolute atomic E-state index is 13.8. The van der Waals surface area contributed by atoms with E-state index in [1.807, 2.05) is 13.8 Å². The number of amidine groups is 1. The molecular weight excluding hydrogens is 295 g/mol. The molecule has 0 spiro atoms. The first-order valence-corrected chi connectivity index (χ1v) is 6.53. The van der Waals surface area contributed by atoms with Gasteiger partial charge in [-0.25, -0.2) is 4.39 Å². The number of ether oxygens (including phenoxy) is 1. The minimum Gasteiger partial charge on any atom is -0.456 e. The molecule has 0 unspecified atom stereocenters. The van der Waals surface area contributed by atoms with Crippen molar-refractivity contribution in [1.29, 1.82) is 0 Å². The number of nitrogens with zero attached hydrogens (tertiary/aromatic N) is 1. The Labute approximate surface area is 126 Å². The van der Waals surface area contributed by atoms with Gasteiger partial charge in [-0.2, -0.15) is 0 Å². The summed E-state index contributed by atoms with van der Waals surface area (Å²) in [5.74, 6) is -0.339. The van der Waals surface area contributed by atoms with Gasteiger partial charge in [-0.05, 0) is 49.2 Å².